The molecule has 2 unspecified atom stereocenters. The molecule has 6 rings (SSSR count). The number of nitrogens with zero attached hydrogens (tertiary/aromatic N) is 6. The zero-order valence-electron chi connectivity index (χ0n) is 18.1. The maximum absolute atomic E-state index is 12.8. The van der Waals surface area contributed by atoms with Crippen molar-refractivity contribution in [2.45, 2.75) is 38.5 Å². The number of amides is 1. The minimum absolute atomic E-state index is 0.0589. The van der Waals surface area contributed by atoms with E-state index in [1.165, 1.54) is 12.1 Å². The lowest BCUT2D eigenvalue weighted by atomic mass is 10.2. The Morgan fingerprint density at radius 2 is 2.12 bits per heavy atom. The summed E-state index contributed by atoms with van der Waals surface area (Å²) < 4.78 is 3.74. The fourth-order valence-corrected chi connectivity index (χ4v) is 5.17. The van der Waals surface area contributed by atoms with E-state index < -0.39 is 0 Å². The highest BCUT2D eigenvalue weighted by molar-refractivity contribution is 5.94. The quantitative estimate of drug-likeness (QED) is 0.610. The molecule has 3 aliphatic rings. The summed E-state index contributed by atoms with van der Waals surface area (Å²) in [7, 11) is 1.98. The van der Waals surface area contributed by atoms with Gasteiger partial charge in [-0.3, -0.25) is 9.48 Å². The molecular weight excluding hydrogens is 406 g/mol. The van der Waals surface area contributed by atoms with Crippen LogP contribution in [0.5, 0.6) is 0 Å². The summed E-state index contributed by atoms with van der Waals surface area (Å²) in [6, 6.07) is 3.98. The Hall–Kier alpha value is -3.20. The maximum atomic E-state index is 12.8. The van der Waals surface area contributed by atoms with E-state index in [1.54, 1.807) is 23.4 Å². The topological polar surface area (TPSA) is 101 Å². The van der Waals surface area contributed by atoms with Crippen LogP contribution in [-0.4, -0.2) is 48.4 Å². The molecule has 166 valence electrons. The van der Waals surface area contributed by atoms with Gasteiger partial charge in [0.1, 0.15) is 5.82 Å². The summed E-state index contributed by atoms with van der Waals surface area (Å²) in [4.78, 5) is 24.2. The molecule has 1 saturated carbocycles. The molecule has 4 heterocycles. The number of rotatable bonds is 6. The summed E-state index contributed by atoms with van der Waals surface area (Å²) >= 11 is 0. The fraction of sp³-hybridized carbons (Fsp3) is 0.478. The molecule has 9 heteroatoms. The van der Waals surface area contributed by atoms with Crippen LogP contribution in [0.3, 0.4) is 0 Å². The van der Waals surface area contributed by atoms with E-state index in [9.17, 15) is 9.90 Å². The second kappa shape index (κ2) is 7.44. The normalized spacial score (nSPS) is 23.3. The smallest absolute Gasteiger partial charge is 0.255 e. The number of fused-ring (bicyclic) bond motifs is 2. The molecule has 0 aromatic carbocycles. The fourth-order valence-electron chi connectivity index (χ4n) is 5.17. The van der Waals surface area contributed by atoms with E-state index in [2.05, 4.69) is 20.3 Å². The highest BCUT2D eigenvalue weighted by Gasteiger charge is 2.45. The Bertz CT molecular complexity index is 1170. The standard InChI is InChI=1S/C23H27N7O2/c1-28-13-24-22-18(3-4-20(22)28)27-23(32)17-7-25-30(11-17)10-14-2-5-21(26-19(14)12-31)29-8-15-6-16(15)9-29/h2,5,7,11,13,15-16,18,31H,3-4,6,8-10,12H2,1H3,(H,27,32)/t15?,16?,18-/m1/s1. The van der Waals surface area contributed by atoms with Gasteiger partial charge in [0, 0.05) is 32.0 Å². The van der Waals surface area contributed by atoms with Crippen LogP contribution in [0.4, 0.5) is 5.82 Å². The summed E-state index contributed by atoms with van der Waals surface area (Å²) in [6.07, 6.45) is 8.25. The number of piperidine rings is 1. The lowest BCUT2D eigenvalue weighted by Gasteiger charge is -2.20. The van der Waals surface area contributed by atoms with Gasteiger partial charge in [-0.2, -0.15) is 5.10 Å². The van der Waals surface area contributed by atoms with Crippen LogP contribution < -0.4 is 10.2 Å². The van der Waals surface area contributed by atoms with Crippen LogP contribution >= 0.6 is 0 Å². The van der Waals surface area contributed by atoms with Gasteiger partial charge in [0.25, 0.3) is 5.91 Å². The predicted molar refractivity (Wildman–Crippen MR) is 117 cm³/mol. The van der Waals surface area contributed by atoms with Gasteiger partial charge in [-0.1, -0.05) is 6.07 Å². The van der Waals surface area contributed by atoms with Crippen molar-refractivity contribution in [3.63, 3.8) is 0 Å². The number of carbonyl (C=O) groups excluding carboxylic acids is 1. The van der Waals surface area contributed by atoms with E-state index in [1.807, 2.05) is 23.7 Å². The van der Waals surface area contributed by atoms with E-state index in [0.717, 1.165) is 54.8 Å². The molecule has 2 aliphatic carbocycles. The second-order valence-corrected chi connectivity index (χ2v) is 9.27. The molecule has 2 N–H and O–H groups in total. The molecule has 0 radical (unpaired) electrons. The Morgan fingerprint density at radius 3 is 2.94 bits per heavy atom. The number of imidazole rings is 1. The Kier molecular flexibility index (Phi) is 4.53. The van der Waals surface area contributed by atoms with E-state index in [0.29, 0.717) is 17.8 Å². The summed E-state index contributed by atoms with van der Waals surface area (Å²) in [5.74, 6) is 2.45. The first-order valence-electron chi connectivity index (χ1n) is 11.3. The lowest BCUT2D eigenvalue weighted by molar-refractivity contribution is 0.0936. The molecule has 1 aliphatic heterocycles. The van der Waals surface area contributed by atoms with Gasteiger partial charge in [0.2, 0.25) is 0 Å². The number of hydrogen-bond donors (Lipinski definition) is 2. The number of aryl methyl sites for hydroxylation is 1. The third-order valence-corrected chi connectivity index (χ3v) is 7.13. The third-order valence-electron chi connectivity index (χ3n) is 7.13. The molecule has 32 heavy (non-hydrogen) atoms. The third kappa shape index (κ3) is 3.37. The first-order chi connectivity index (χ1) is 15.6. The number of aromatic nitrogens is 5. The number of hydrogen-bond acceptors (Lipinski definition) is 6. The molecule has 3 aromatic heterocycles. The number of aliphatic hydroxyl groups is 1. The SMILES string of the molecule is Cn1cnc2c1CC[C@H]2NC(=O)c1cnn(Cc2ccc(N3CC4CC4C3)nc2CO)c1. The molecule has 0 bridgehead atoms. The highest BCUT2D eigenvalue weighted by Crippen LogP contribution is 2.46. The zero-order valence-corrected chi connectivity index (χ0v) is 18.1. The van der Waals surface area contributed by atoms with Gasteiger partial charge in [-0.15, -0.1) is 0 Å². The zero-order chi connectivity index (χ0) is 21.8. The van der Waals surface area contributed by atoms with Crippen LogP contribution in [0.2, 0.25) is 0 Å². The second-order valence-electron chi connectivity index (χ2n) is 9.27. The molecule has 1 saturated heterocycles. The summed E-state index contributed by atoms with van der Waals surface area (Å²) in [6.45, 7) is 2.48. The number of anilines is 1. The molecule has 3 aromatic rings. The van der Waals surface area contributed by atoms with E-state index in [4.69, 9.17) is 4.98 Å². The number of nitrogens with one attached hydrogen (secondary N) is 1. The van der Waals surface area contributed by atoms with Crippen LogP contribution in [0.25, 0.3) is 0 Å². The van der Waals surface area contributed by atoms with Crippen LogP contribution in [-0.2, 0) is 26.6 Å². The molecule has 9 nitrogen and oxygen atoms in total. The highest BCUT2D eigenvalue weighted by atomic mass is 16.3. The molecular formula is C23H27N7O2. The molecule has 3 atom stereocenters. The van der Waals surface area contributed by atoms with Crippen molar-refractivity contribution >= 4 is 11.7 Å². The van der Waals surface area contributed by atoms with Gasteiger partial charge in [0.15, 0.2) is 0 Å². The van der Waals surface area contributed by atoms with Crippen LogP contribution in [0, 0.1) is 11.8 Å². The van der Waals surface area contributed by atoms with E-state index in [-0.39, 0.29) is 18.6 Å². The first kappa shape index (κ1) is 19.5. The maximum Gasteiger partial charge on any atom is 0.255 e. The van der Waals surface area contributed by atoms with Gasteiger partial charge in [-0.05, 0) is 42.7 Å². The van der Waals surface area contributed by atoms with Gasteiger partial charge < -0.3 is 19.9 Å². The average Bonchev–Trinajstić information content (AvgIpc) is 3.27. The number of carbonyl (C=O) groups is 1. The van der Waals surface area contributed by atoms with Crippen molar-refractivity contribution in [1.29, 1.82) is 0 Å². The summed E-state index contributed by atoms with van der Waals surface area (Å²) in [5.41, 5.74) is 4.23. The van der Waals surface area contributed by atoms with Crippen molar-refractivity contribution in [2.24, 2.45) is 18.9 Å². The Labute approximate surface area is 186 Å². The molecule has 1 amide bonds. The Balaban J connectivity index is 1.13. The van der Waals surface area contributed by atoms with Crippen molar-refractivity contribution < 1.29 is 9.90 Å². The first-order valence-corrected chi connectivity index (χ1v) is 11.3. The van der Waals surface area contributed by atoms with Crippen molar-refractivity contribution in [3.8, 4) is 0 Å². The van der Waals surface area contributed by atoms with E-state index >= 15 is 0 Å². The van der Waals surface area contributed by atoms with Crippen LogP contribution in [0.15, 0.2) is 30.9 Å². The van der Waals surface area contributed by atoms with Crippen molar-refractivity contribution in [3.05, 3.63) is 59.1 Å². The monoisotopic (exact) mass is 433 g/mol. The van der Waals surface area contributed by atoms with Gasteiger partial charge in [-0.25, -0.2) is 9.97 Å². The minimum Gasteiger partial charge on any atom is -0.390 e. The predicted octanol–water partition coefficient (Wildman–Crippen LogP) is 1.43. The van der Waals surface area contributed by atoms with Crippen molar-refractivity contribution in [1.82, 2.24) is 29.6 Å². The molecule has 0 spiro atoms. The van der Waals surface area contributed by atoms with Crippen LogP contribution in [0.1, 0.15) is 51.9 Å². The lowest BCUT2D eigenvalue weighted by Crippen LogP contribution is -2.27. The molecule has 2 fully saturated rings. The number of aliphatic hydroxyl groups excluding tert-OH is 1. The number of pyridine rings is 1. The van der Waals surface area contributed by atoms with Crippen molar-refractivity contribution in [2.75, 3.05) is 18.0 Å². The average molecular weight is 434 g/mol. The van der Waals surface area contributed by atoms with Gasteiger partial charge in [0.05, 0.1) is 48.7 Å². The minimum atomic E-state index is -0.150. The van der Waals surface area contributed by atoms with Gasteiger partial charge >= 0.3 is 0 Å². The Morgan fingerprint density at radius 1 is 1.28 bits per heavy atom. The summed E-state index contributed by atoms with van der Waals surface area (Å²) in [5, 5.41) is 17.3. The largest absolute Gasteiger partial charge is 0.390 e.